The summed E-state index contributed by atoms with van der Waals surface area (Å²) in [4.78, 5) is 2.56. The minimum absolute atomic E-state index is 0.105. The number of azide groups is 1. The number of nitrogens with zero attached hydrogens (tertiary/aromatic N) is 3. The Balaban J connectivity index is 2.83. The molecule has 1 rings (SSSR count). The summed E-state index contributed by atoms with van der Waals surface area (Å²) >= 11 is 0. The molecule has 1 aromatic carbocycles. The molecule has 0 radical (unpaired) electrons. The van der Waals surface area contributed by atoms with Gasteiger partial charge >= 0.3 is 0 Å². The molecule has 0 aliphatic heterocycles. The molecule has 6 heteroatoms. The molecule has 2 N–H and O–H groups in total. The van der Waals surface area contributed by atoms with E-state index in [9.17, 15) is 14.6 Å². The van der Waals surface area contributed by atoms with Crippen LogP contribution in [0.25, 0.3) is 10.4 Å². The second kappa shape index (κ2) is 6.35. The Hall–Kier alpha value is -1.62. The van der Waals surface area contributed by atoms with Gasteiger partial charge in [0.25, 0.3) is 0 Å². The van der Waals surface area contributed by atoms with Crippen LogP contribution in [0.3, 0.4) is 0 Å². The summed E-state index contributed by atoms with van der Waals surface area (Å²) in [5.41, 5.74) is 9.41. The number of hydrogen-bond acceptors (Lipinski definition) is 3. The molecule has 0 fully saturated rings. The third-order valence-corrected chi connectivity index (χ3v) is 2.75. The number of aryl methyl sites for hydroxylation is 2. The molecule has 0 aliphatic carbocycles. The Labute approximate surface area is 105 Å². The monoisotopic (exact) mass is 253 g/mol. The van der Waals surface area contributed by atoms with Gasteiger partial charge in [0.15, 0.2) is 0 Å². The second-order valence-corrected chi connectivity index (χ2v) is 4.22. The normalized spacial score (nSPS) is 13.8. The summed E-state index contributed by atoms with van der Waals surface area (Å²) in [6.07, 6.45) is -2.00. The van der Waals surface area contributed by atoms with Gasteiger partial charge in [0.05, 0.1) is 6.10 Å². The van der Waals surface area contributed by atoms with E-state index >= 15 is 0 Å². The zero-order chi connectivity index (χ0) is 13.7. The van der Waals surface area contributed by atoms with E-state index in [4.69, 9.17) is 5.53 Å². The number of aliphatic hydroxyl groups is 2. The van der Waals surface area contributed by atoms with E-state index in [1.807, 2.05) is 0 Å². The second-order valence-electron chi connectivity index (χ2n) is 4.22. The van der Waals surface area contributed by atoms with Crippen LogP contribution in [0.2, 0.25) is 0 Å². The fourth-order valence-electron chi connectivity index (χ4n) is 1.76. The van der Waals surface area contributed by atoms with Crippen molar-refractivity contribution in [2.75, 3.05) is 6.54 Å². The first-order valence-corrected chi connectivity index (χ1v) is 5.61. The molecule has 18 heavy (non-hydrogen) atoms. The molecule has 2 unspecified atom stereocenters. The SMILES string of the molecule is Cc1cc(C(O)C(O)CCN=[N+]=[N-])cc(C)c1F. The van der Waals surface area contributed by atoms with Crippen molar-refractivity contribution in [2.45, 2.75) is 32.5 Å². The Bertz CT molecular complexity index is 449. The average Bonchev–Trinajstić information content (AvgIpc) is 2.34. The predicted octanol–water partition coefficient (Wildman–Crippen LogP) is 2.54. The summed E-state index contributed by atoms with van der Waals surface area (Å²) in [5.74, 6) is -0.311. The Morgan fingerprint density at radius 1 is 1.33 bits per heavy atom. The van der Waals surface area contributed by atoms with Gasteiger partial charge in [0.2, 0.25) is 0 Å². The van der Waals surface area contributed by atoms with E-state index < -0.39 is 12.2 Å². The molecule has 0 saturated heterocycles. The van der Waals surface area contributed by atoms with Crippen LogP contribution in [0, 0.1) is 19.7 Å². The maximum Gasteiger partial charge on any atom is 0.129 e. The molecule has 0 spiro atoms. The standard InChI is InChI=1S/C12H16FN3O2/c1-7-5-9(6-8(2)11(7)13)12(18)10(17)3-4-15-16-14/h5-6,10,12,17-18H,3-4H2,1-2H3. The topological polar surface area (TPSA) is 89.2 Å². The van der Waals surface area contributed by atoms with E-state index in [0.29, 0.717) is 16.7 Å². The molecule has 0 bridgehead atoms. The van der Waals surface area contributed by atoms with Crippen LogP contribution >= 0.6 is 0 Å². The molecule has 0 aromatic heterocycles. The molecular formula is C12H16FN3O2. The van der Waals surface area contributed by atoms with Gasteiger partial charge in [-0.15, -0.1) is 0 Å². The Morgan fingerprint density at radius 2 is 1.89 bits per heavy atom. The summed E-state index contributed by atoms with van der Waals surface area (Å²) in [7, 11) is 0. The molecule has 2 atom stereocenters. The van der Waals surface area contributed by atoms with Crippen molar-refractivity contribution in [3.05, 3.63) is 45.1 Å². The van der Waals surface area contributed by atoms with Gasteiger partial charge in [-0.25, -0.2) is 4.39 Å². The molecule has 5 nitrogen and oxygen atoms in total. The fourth-order valence-corrected chi connectivity index (χ4v) is 1.76. The molecule has 0 heterocycles. The summed E-state index contributed by atoms with van der Waals surface area (Å²) in [6.45, 7) is 3.31. The summed E-state index contributed by atoms with van der Waals surface area (Å²) in [6, 6.07) is 3.01. The minimum Gasteiger partial charge on any atom is -0.390 e. The van der Waals surface area contributed by atoms with E-state index in [1.54, 1.807) is 13.8 Å². The maximum atomic E-state index is 13.4. The van der Waals surface area contributed by atoms with Gasteiger partial charge in [-0.2, -0.15) is 0 Å². The predicted molar refractivity (Wildman–Crippen MR) is 65.5 cm³/mol. The van der Waals surface area contributed by atoms with Crippen molar-refractivity contribution in [3.63, 3.8) is 0 Å². The van der Waals surface area contributed by atoms with Crippen molar-refractivity contribution in [3.8, 4) is 0 Å². The highest BCUT2D eigenvalue weighted by atomic mass is 19.1. The van der Waals surface area contributed by atoms with Crippen molar-refractivity contribution in [2.24, 2.45) is 5.11 Å². The van der Waals surface area contributed by atoms with Crippen LogP contribution in [0.5, 0.6) is 0 Å². The molecule has 1 aromatic rings. The third kappa shape index (κ3) is 3.43. The minimum atomic E-state index is -1.11. The highest BCUT2D eigenvalue weighted by Crippen LogP contribution is 2.23. The van der Waals surface area contributed by atoms with Gasteiger partial charge in [-0.05, 0) is 42.5 Å². The van der Waals surface area contributed by atoms with Crippen LogP contribution in [-0.4, -0.2) is 22.9 Å². The first kappa shape index (κ1) is 14.4. The zero-order valence-electron chi connectivity index (χ0n) is 10.3. The fraction of sp³-hybridized carbons (Fsp3) is 0.500. The highest BCUT2D eigenvalue weighted by Gasteiger charge is 2.19. The van der Waals surface area contributed by atoms with Crippen molar-refractivity contribution < 1.29 is 14.6 Å². The van der Waals surface area contributed by atoms with Gasteiger partial charge in [0.1, 0.15) is 11.9 Å². The highest BCUT2D eigenvalue weighted by molar-refractivity contribution is 5.32. The van der Waals surface area contributed by atoms with Crippen molar-refractivity contribution in [1.82, 2.24) is 0 Å². The first-order chi connectivity index (χ1) is 8.47. The molecule has 0 aliphatic rings. The van der Waals surface area contributed by atoms with Crippen LogP contribution in [0.4, 0.5) is 4.39 Å². The Kier molecular flexibility index (Phi) is 5.09. The summed E-state index contributed by atoms with van der Waals surface area (Å²) in [5, 5.41) is 22.9. The number of halogens is 1. The summed E-state index contributed by atoms with van der Waals surface area (Å²) < 4.78 is 13.4. The van der Waals surface area contributed by atoms with Crippen molar-refractivity contribution in [1.29, 1.82) is 0 Å². The smallest absolute Gasteiger partial charge is 0.129 e. The third-order valence-electron chi connectivity index (χ3n) is 2.75. The van der Waals surface area contributed by atoms with Crippen LogP contribution < -0.4 is 0 Å². The lowest BCUT2D eigenvalue weighted by Crippen LogP contribution is -2.19. The number of rotatable bonds is 5. The molecule has 98 valence electrons. The van der Waals surface area contributed by atoms with Gasteiger partial charge in [0, 0.05) is 11.5 Å². The lowest BCUT2D eigenvalue weighted by Gasteiger charge is -2.18. The average molecular weight is 253 g/mol. The van der Waals surface area contributed by atoms with Crippen molar-refractivity contribution >= 4 is 0 Å². The Morgan fingerprint density at radius 3 is 2.39 bits per heavy atom. The molecule has 0 amide bonds. The first-order valence-electron chi connectivity index (χ1n) is 5.61. The van der Waals surface area contributed by atoms with E-state index in [1.165, 1.54) is 12.1 Å². The van der Waals surface area contributed by atoms with E-state index in [2.05, 4.69) is 10.0 Å². The number of hydrogen-bond donors (Lipinski definition) is 2. The largest absolute Gasteiger partial charge is 0.390 e. The van der Waals surface area contributed by atoms with E-state index in [-0.39, 0.29) is 18.8 Å². The van der Waals surface area contributed by atoms with Gasteiger partial charge in [-0.1, -0.05) is 17.2 Å². The lowest BCUT2D eigenvalue weighted by molar-refractivity contribution is 0.0149. The maximum absolute atomic E-state index is 13.4. The van der Waals surface area contributed by atoms with Gasteiger partial charge < -0.3 is 10.2 Å². The zero-order valence-corrected chi connectivity index (χ0v) is 10.3. The van der Waals surface area contributed by atoms with Gasteiger partial charge in [-0.3, -0.25) is 0 Å². The number of aliphatic hydroxyl groups excluding tert-OH is 2. The number of benzene rings is 1. The van der Waals surface area contributed by atoms with Crippen LogP contribution in [0.1, 0.15) is 29.2 Å². The lowest BCUT2D eigenvalue weighted by atomic mass is 9.98. The molecule has 0 saturated carbocycles. The van der Waals surface area contributed by atoms with Crippen LogP contribution in [-0.2, 0) is 0 Å². The van der Waals surface area contributed by atoms with Crippen LogP contribution in [0.15, 0.2) is 17.2 Å². The van der Waals surface area contributed by atoms with E-state index in [0.717, 1.165) is 0 Å². The molecular weight excluding hydrogens is 237 g/mol. The quantitative estimate of drug-likeness (QED) is 0.479.